The molecular formula is C22H16BrN7O2. The van der Waals surface area contributed by atoms with Crippen LogP contribution in [0.4, 0.5) is 17.3 Å². The minimum atomic E-state index is 0.271. The van der Waals surface area contributed by atoms with Gasteiger partial charge in [0, 0.05) is 15.7 Å². The molecular weight excluding hydrogens is 474 g/mol. The predicted molar refractivity (Wildman–Crippen MR) is 125 cm³/mol. The second-order valence-electron chi connectivity index (χ2n) is 6.90. The molecule has 0 aliphatic carbocycles. The minimum absolute atomic E-state index is 0.271. The van der Waals surface area contributed by atoms with Gasteiger partial charge in [-0.2, -0.15) is 10.1 Å². The van der Waals surface area contributed by atoms with E-state index < -0.39 is 0 Å². The number of nitrogens with one attached hydrogen (secondary N) is 2. The largest absolute Gasteiger partial charge is 0.455 e. The van der Waals surface area contributed by atoms with E-state index in [1.54, 1.807) is 6.21 Å². The van der Waals surface area contributed by atoms with Crippen LogP contribution in [-0.4, -0.2) is 26.5 Å². The Morgan fingerprint density at radius 3 is 2.34 bits per heavy atom. The Morgan fingerprint density at radius 2 is 1.59 bits per heavy atom. The van der Waals surface area contributed by atoms with E-state index >= 15 is 0 Å². The van der Waals surface area contributed by atoms with Crippen molar-refractivity contribution >= 4 is 50.8 Å². The Bertz CT molecular complexity index is 1390. The molecule has 0 amide bonds. The van der Waals surface area contributed by atoms with E-state index in [0.29, 0.717) is 23.0 Å². The molecule has 0 fully saturated rings. The zero-order valence-electron chi connectivity index (χ0n) is 16.8. The van der Waals surface area contributed by atoms with Crippen LogP contribution in [0.15, 0.2) is 79.3 Å². The zero-order valence-corrected chi connectivity index (χ0v) is 18.4. The Morgan fingerprint density at radius 1 is 0.875 bits per heavy atom. The van der Waals surface area contributed by atoms with Crippen molar-refractivity contribution in [3.8, 4) is 11.3 Å². The number of rotatable bonds is 6. The van der Waals surface area contributed by atoms with Crippen LogP contribution in [0.3, 0.4) is 0 Å². The van der Waals surface area contributed by atoms with Crippen LogP contribution in [0.25, 0.3) is 22.6 Å². The quantitative estimate of drug-likeness (QED) is 0.236. The first-order valence-corrected chi connectivity index (χ1v) is 10.4. The molecule has 158 valence electrons. The third-order valence-corrected chi connectivity index (χ3v) is 5.08. The monoisotopic (exact) mass is 489 g/mol. The molecule has 0 spiro atoms. The van der Waals surface area contributed by atoms with E-state index in [1.807, 2.05) is 67.6 Å². The number of halogens is 1. The van der Waals surface area contributed by atoms with Gasteiger partial charge in [0.1, 0.15) is 11.5 Å². The summed E-state index contributed by atoms with van der Waals surface area (Å²) in [5.74, 6) is 2.13. The van der Waals surface area contributed by atoms with Crippen molar-refractivity contribution < 1.29 is 9.05 Å². The summed E-state index contributed by atoms with van der Waals surface area (Å²) in [5.41, 5.74) is 6.42. The lowest BCUT2D eigenvalue weighted by molar-refractivity contribution is 0.314. The van der Waals surface area contributed by atoms with Crippen LogP contribution in [0.1, 0.15) is 11.3 Å². The first-order chi connectivity index (χ1) is 15.6. The van der Waals surface area contributed by atoms with Crippen LogP contribution >= 0.6 is 15.9 Å². The van der Waals surface area contributed by atoms with Crippen LogP contribution in [-0.2, 0) is 0 Å². The van der Waals surface area contributed by atoms with Gasteiger partial charge in [0.25, 0.3) is 0 Å². The molecule has 2 aromatic carbocycles. The average Bonchev–Trinajstić information content (AvgIpc) is 3.45. The summed E-state index contributed by atoms with van der Waals surface area (Å²) in [5, 5.41) is 15.0. The second kappa shape index (κ2) is 8.60. The third kappa shape index (κ3) is 4.35. The van der Waals surface area contributed by atoms with Gasteiger partial charge in [-0.05, 0) is 53.6 Å². The molecule has 5 aromatic rings. The Labute approximate surface area is 190 Å². The van der Waals surface area contributed by atoms with Crippen LogP contribution in [0, 0.1) is 6.92 Å². The van der Waals surface area contributed by atoms with Crippen molar-refractivity contribution in [1.29, 1.82) is 0 Å². The van der Waals surface area contributed by atoms with Crippen LogP contribution in [0.2, 0.25) is 0 Å². The molecule has 0 saturated carbocycles. The molecule has 0 atom stereocenters. The summed E-state index contributed by atoms with van der Waals surface area (Å²) in [7, 11) is 0. The Balaban J connectivity index is 1.37. The topological polar surface area (TPSA) is 114 Å². The van der Waals surface area contributed by atoms with E-state index in [1.165, 1.54) is 0 Å². The number of hydrazone groups is 1. The van der Waals surface area contributed by atoms with Gasteiger partial charge in [0.15, 0.2) is 11.6 Å². The van der Waals surface area contributed by atoms with Crippen molar-refractivity contribution in [2.45, 2.75) is 6.92 Å². The second-order valence-corrected chi connectivity index (χ2v) is 7.82. The van der Waals surface area contributed by atoms with Gasteiger partial charge in [0.2, 0.25) is 11.3 Å². The van der Waals surface area contributed by atoms with E-state index in [0.717, 1.165) is 27.0 Å². The highest BCUT2D eigenvalue weighted by molar-refractivity contribution is 9.10. The maximum absolute atomic E-state index is 5.85. The fourth-order valence-electron chi connectivity index (χ4n) is 2.93. The molecule has 0 unspecified atom stereocenters. The predicted octanol–water partition coefficient (Wildman–Crippen LogP) is 5.53. The van der Waals surface area contributed by atoms with E-state index in [-0.39, 0.29) is 5.65 Å². The smallest absolute Gasteiger partial charge is 0.245 e. The molecule has 0 aliphatic heterocycles. The molecule has 32 heavy (non-hydrogen) atoms. The SMILES string of the molecule is Cc1ccc(Nc2nc3nonc3nc2N/N=C\c2ccc(-c3ccc(Br)cc3)o2)cc1. The zero-order chi connectivity index (χ0) is 21.9. The number of fused-ring (bicyclic) bond motifs is 1. The maximum atomic E-state index is 5.85. The van der Waals surface area contributed by atoms with Crippen LogP contribution in [0.5, 0.6) is 0 Å². The molecule has 9 nitrogen and oxygen atoms in total. The molecule has 0 aliphatic rings. The lowest BCUT2D eigenvalue weighted by Gasteiger charge is -2.09. The first kappa shape index (κ1) is 19.9. The molecule has 0 bridgehead atoms. The molecule has 2 N–H and O–H groups in total. The fourth-order valence-corrected chi connectivity index (χ4v) is 3.19. The van der Waals surface area contributed by atoms with E-state index in [2.05, 4.69) is 52.1 Å². The molecule has 0 saturated heterocycles. The highest BCUT2D eigenvalue weighted by Crippen LogP contribution is 2.25. The summed E-state index contributed by atoms with van der Waals surface area (Å²) < 4.78 is 11.6. The summed E-state index contributed by atoms with van der Waals surface area (Å²) >= 11 is 3.43. The van der Waals surface area contributed by atoms with Gasteiger partial charge in [-0.15, -0.1) is 0 Å². The first-order valence-electron chi connectivity index (χ1n) is 9.63. The van der Waals surface area contributed by atoms with Gasteiger partial charge >= 0.3 is 0 Å². The number of benzene rings is 2. The molecule has 5 rings (SSSR count). The standard InChI is InChI=1S/C22H16BrN7O2/c1-13-2-8-16(9-3-13)25-19-20(27-22-21(26-19)29-32-30-22)28-24-12-17-10-11-18(31-17)14-4-6-15(23)7-5-14/h2-12H,1H3,(H,25,26,29)(H,27,28,30)/b24-12-. The Kier molecular flexibility index (Phi) is 5.34. The van der Waals surface area contributed by atoms with Gasteiger partial charge in [-0.1, -0.05) is 45.8 Å². The summed E-state index contributed by atoms with van der Waals surface area (Å²) in [6.45, 7) is 2.02. The number of aromatic nitrogens is 4. The van der Waals surface area contributed by atoms with Gasteiger partial charge in [0.05, 0.1) is 6.21 Å². The highest BCUT2D eigenvalue weighted by Gasteiger charge is 2.13. The number of nitrogens with zero attached hydrogens (tertiary/aromatic N) is 5. The minimum Gasteiger partial charge on any atom is -0.455 e. The van der Waals surface area contributed by atoms with Gasteiger partial charge in [-0.25, -0.2) is 9.61 Å². The summed E-state index contributed by atoms with van der Waals surface area (Å²) in [4.78, 5) is 8.81. The molecule has 3 aromatic heterocycles. The fraction of sp³-hybridized carbons (Fsp3) is 0.0455. The normalized spacial score (nSPS) is 11.3. The van der Waals surface area contributed by atoms with Crippen molar-refractivity contribution in [2.24, 2.45) is 5.10 Å². The lowest BCUT2D eigenvalue weighted by Crippen LogP contribution is -2.03. The lowest BCUT2D eigenvalue weighted by atomic mass is 10.2. The van der Waals surface area contributed by atoms with E-state index in [9.17, 15) is 0 Å². The highest BCUT2D eigenvalue weighted by atomic mass is 79.9. The van der Waals surface area contributed by atoms with Crippen molar-refractivity contribution in [1.82, 2.24) is 20.3 Å². The number of hydrogen-bond acceptors (Lipinski definition) is 9. The van der Waals surface area contributed by atoms with Crippen molar-refractivity contribution in [2.75, 3.05) is 10.7 Å². The Hall–Kier alpha value is -4.05. The van der Waals surface area contributed by atoms with Crippen molar-refractivity contribution in [3.05, 3.63) is 76.5 Å². The number of aryl methyl sites for hydroxylation is 1. The maximum Gasteiger partial charge on any atom is 0.245 e. The van der Waals surface area contributed by atoms with E-state index in [4.69, 9.17) is 9.05 Å². The molecule has 3 heterocycles. The number of anilines is 3. The molecule has 10 heteroatoms. The number of hydrogen-bond donors (Lipinski definition) is 2. The third-order valence-electron chi connectivity index (χ3n) is 4.55. The average molecular weight is 490 g/mol. The van der Waals surface area contributed by atoms with Crippen molar-refractivity contribution in [3.63, 3.8) is 0 Å². The molecule has 0 radical (unpaired) electrons. The summed E-state index contributed by atoms with van der Waals surface area (Å²) in [6, 6.07) is 19.5. The number of furan rings is 1. The van der Waals surface area contributed by atoms with Gasteiger partial charge < -0.3 is 9.73 Å². The summed E-state index contributed by atoms with van der Waals surface area (Å²) in [6.07, 6.45) is 1.56. The van der Waals surface area contributed by atoms with Gasteiger partial charge in [-0.3, -0.25) is 5.43 Å². The van der Waals surface area contributed by atoms with Crippen LogP contribution < -0.4 is 10.7 Å².